The highest BCUT2D eigenvalue weighted by atomic mass is 16.5. The topological polar surface area (TPSA) is 88.1 Å². The van der Waals surface area contributed by atoms with E-state index in [1.54, 1.807) is 31.2 Å². The number of aryl methyl sites for hydroxylation is 2. The minimum Gasteiger partial charge on any atom is -0.508 e. The van der Waals surface area contributed by atoms with Crippen molar-refractivity contribution in [2.75, 3.05) is 18.5 Å². The molecule has 38 heavy (non-hydrogen) atoms. The smallest absolute Gasteiger partial charge is 0.397 e. The zero-order chi connectivity index (χ0) is 27.5. The number of phenols is 1. The second-order valence-electron chi connectivity index (χ2n) is 10.3. The Bertz CT molecular complexity index is 1050. The van der Waals surface area contributed by atoms with Crippen LogP contribution in [0.3, 0.4) is 0 Å². The van der Waals surface area contributed by atoms with Crippen LogP contribution in [0.1, 0.15) is 88.3 Å². The number of amides is 1. The summed E-state index contributed by atoms with van der Waals surface area (Å²) in [4.78, 5) is 26.3. The van der Waals surface area contributed by atoms with Crippen molar-refractivity contribution in [1.82, 2.24) is 4.90 Å². The van der Waals surface area contributed by atoms with Gasteiger partial charge >= 0.3 is 11.9 Å². The van der Waals surface area contributed by atoms with Crippen LogP contribution in [0.4, 0.5) is 5.69 Å². The van der Waals surface area contributed by atoms with Crippen molar-refractivity contribution < 1.29 is 24.2 Å². The lowest BCUT2D eigenvalue weighted by molar-refractivity contribution is -0.152. The van der Waals surface area contributed by atoms with Gasteiger partial charge in [0.15, 0.2) is 0 Å². The average molecular weight is 525 g/mol. The van der Waals surface area contributed by atoms with E-state index in [0.29, 0.717) is 29.8 Å². The highest BCUT2D eigenvalue weighted by Crippen LogP contribution is 2.34. The number of nitrogens with one attached hydrogen (secondary N) is 1. The first-order chi connectivity index (χ1) is 18.3. The lowest BCUT2D eigenvalue weighted by Crippen LogP contribution is -2.37. The lowest BCUT2D eigenvalue weighted by atomic mass is 9.93. The molecule has 7 nitrogen and oxygen atoms in total. The summed E-state index contributed by atoms with van der Waals surface area (Å²) in [5, 5.41) is 13.3. The van der Waals surface area contributed by atoms with Crippen LogP contribution in [0.15, 0.2) is 30.3 Å². The van der Waals surface area contributed by atoms with E-state index in [0.717, 1.165) is 23.2 Å². The Morgan fingerprint density at radius 1 is 1.00 bits per heavy atom. The quantitative estimate of drug-likeness (QED) is 0.176. The number of ether oxygens (including phenoxy) is 2. The molecule has 0 aromatic heterocycles. The molecule has 3 rings (SSSR count). The van der Waals surface area contributed by atoms with Crippen LogP contribution in [0.25, 0.3) is 0 Å². The highest BCUT2D eigenvalue weighted by molar-refractivity contribution is 6.37. The minimum atomic E-state index is -0.910. The number of hydrogen-bond acceptors (Lipinski definition) is 6. The maximum absolute atomic E-state index is 12.0. The fourth-order valence-corrected chi connectivity index (χ4v) is 5.23. The number of rotatable bonds is 12. The van der Waals surface area contributed by atoms with Crippen molar-refractivity contribution in [2.45, 2.75) is 98.1 Å². The summed E-state index contributed by atoms with van der Waals surface area (Å²) < 4.78 is 11.0. The normalized spacial score (nSPS) is 13.9. The Hall–Kier alpha value is -3.06. The van der Waals surface area contributed by atoms with Gasteiger partial charge < -0.3 is 19.9 Å². The largest absolute Gasteiger partial charge is 0.508 e. The Balaban J connectivity index is 1.74. The first kappa shape index (κ1) is 29.5. The predicted octanol–water partition coefficient (Wildman–Crippen LogP) is 7.02. The van der Waals surface area contributed by atoms with Gasteiger partial charge in [0.25, 0.3) is 0 Å². The summed E-state index contributed by atoms with van der Waals surface area (Å²) in [6.45, 7) is 9.57. The monoisotopic (exact) mass is 524 g/mol. The molecular formula is C31H44N2O5. The van der Waals surface area contributed by atoms with Gasteiger partial charge in [0.1, 0.15) is 17.2 Å². The number of esters is 1. The minimum absolute atomic E-state index is 0.142. The van der Waals surface area contributed by atoms with Crippen molar-refractivity contribution in [3.05, 3.63) is 47.0 Å². The first-order valence-electron chi connectivity index (χ1n) is 14.2. The van der Waals surface area contributed by atoms with E-state index in [-0.39, 0.29) is 12.4 Å². The molecule has 0 spiro atoms. The number of carbonyl (C=O) groups excluding carboxylic acids is 2. The summed E-state index contributed by atoms with van der Waals surface area (Å²) in [7, 11) is 0. The van der Waals surface area contributed by atoms with Gasteiger partial charge in [-0.05, 0) is 88.0 Å². The fraction of sp³-hybridized carbons (Fsp3) is 0.548. The Morgan fingerprint density at radius 3 is 2.37 bits per heavy atom. The van der Waals surface area contributed by atoms with Crippen molar-refractivity contribution in [2.24, 2.45) is 0 Å². The van der Waals surface area contributed by atoms with E-state index in [2.05, 4.69) is 17.1 Å². The molecule has 1 saturated carbocycles. The maximum atomic E-state index is 12.0. The fourth-order valence-electron chi connectivity index (χ4n) is 5.23. The summed E-state index contributed by atoms with van der Waals surface area (Å²) >= 11 is 0. The van der Waals surface area contributed by atoms with Crippen LogP contribution >= 0.6 is 0 Å². The molecule has 0 bridgehead atoms. The van der Waals surface area contributed by atoms with Crippen molar-refractivity contribution in [3.8, 4) is 17.2 Å². The van der Waals surface area contributed by atoms with Gasteiger partial charge in [-0.15, -0.1) is 0 Å². The number of benzene rings is 2. The van der Waals surface area contributed by atoms with Crippen LogP contribution < -0.4 is 10.1 Å². The first-order valence-corrected chi connectivity index (χ1v) is 14.2. The van der Waals surface area contributed by atoms with Gasteiger partial charge in [-0.25, -0.2) is 4.79 Å². The van der Waals surface area contributed by atoms with Crippen LogP contribution in [-0.4, -0.2) is 41.1 Å². The van der Waals surface area contributed by atoms with Gasteiger partial charge in [-0.1, -0.05) is 45.4 Å². The summed E-state index contributed by atoms with van der Waals surface area (Å²) in [6.07, 6.45) is 11.2. The zero-order valence-electron chi connectivity index (χ0n) is 23.5. The van der Waals surface area contributed by atoms with Gasteiger partial charge in [0, 0.05) is 23.8 Å². The van der Waals surface area contributed by atoms with Gasteiger partial charge in [-0.3, -0.25) is 9.69 Å². The second-order valence-corrected chi connectivity index (χ2v) is 10.3. The molecule has 0 atom stereocenters. The zero-order valence-corrected chi connectivity index (χ0v) is 23.5. The number of anilines is 1. The van der Waals surface area contributed by atoms with E-state index < -0.39 is 11.9 Å². The van der Waals surface area contributed by atoms with Crippen molar-refractivity contribution in [1.29, 1.82) is 0 Å². The van der Waals surface area contributed by atoms with E-state index in [1.165, 1.54) is 57.8 Å². The molecule has 0 saturated heterocycles. The van der Waals surface area contributed by atoms with E-state index >= 15 is 0 Å². The van der Waals surface area contributed by atoms with Crippen LogP contribution in [-0.2, 0) is 20.9 Å². The van der Waals surface area contributed by atoms with Crippen LogP contribution in [0.5, 0.6) is 17.2 Å². The van der Waals surface area contributed by atoms with Crippen molar-refractivity contribution >= 4 is 17.6 Å². The van der Waals surface area contributed by atoms with Crippen molar-refractivity contribution in [3.63, 3.8) is 0 Å². The van der Waals surface area contributed by atoms with E-state index in [9.17, 15) is 14.7 Å². The van der Waals surface area contributed by atoms with E-state index in [4.69, 9.17) is 9.47 Å². The number of aromatic hydroxyl groups is 1. The highest BCUT2D eigenvalue weighted by Gasteiger charge is 2.22. The maximum Gasteiger partial charge on any atom is 0.397 e. The van der Waals surface area contributed by atoms with Gasteiger partial charge in [0.05, 0.1) is 6.61 Å². The molecule has 1 aliphatic rings. The Labute approximate surface area is 227 Å². The SMILES string of the molecule is CCCCCCN(Cc1cc(Oc2c(C)cc(NC(=O)C(=O)OCC)cc2C)ccc1O)C1CCCCC1. The number of unbranched alkanes of at least 4 members (excludes halogenated alkanes) is 3. The molecule has 0 radical (unpaired) electrons. The molecule has 2 aromatic carbocycles. The molecule has 2 N–H and O–H groups in total. The third-order valence-corrected chi connectivity index (χ3v) is 7.21. The number of carbonyl (C=O) groups is 2. The summed E-state index contributed by atoms with van der Waals surface area (Å²) in [5.74, 6) is -0.0920. The third-order valence-electron chi connectivity index (χ3n) is 7.21. The molecule has 2 aromatic rings. The predicted molar refractivity (Wildman–Crippen MR) is 151 cm³/mol. The van der Waals surface area contributed by atoms with Gasteiger partial charge in [-0.2, -0.15) is 0 Å². The molecule has 0 heterocycles. The lowest BCUT2D eigenvalue weighted by Gasteiger charge is -2.34. The molecule has 1 aliphatic carbocycles. The standard InChI is InChI=1S/C31H44N2O5/c1-5-7-8-12-17-33(26-13-10-9-11-14-26)21-24-20-27(15-16-28(24)34)38-29-22(3)18-25(19-23(29)4)32-30(35)31(36)37-6-2/h15-16,18-20,26,34H,5-14,17,21H2,1-4H3,(H,32,35). The second kappa shape index (κ2) is 14.8. The number of hydrogen-bond donors (Lipinski definition) is 2. The van der Waals surface area contributed by atoms with Crippen LogP contribution in [0, 0.1) is 13.8 Å². The molecule has 208 valence electrons. The Kier molecular flexibility index (Phi) is 11.5. The number of nitrogens with zero attached hydrogens (tertiary/aromatic N) is 1. The Morgan fingerprint density at radius 2 is 1.71 bits per heavy atom. The molecule has 1 fully saturated rings. The average Bonchev–Trinajstić information content (AvgIpc) is 2.90. The molecule has 1 amide bonds. The third kappa shape index (κ3) is 8.48. The van der Waals surface area contributed by atoms with E-state index in [1.807, 2.05) is 19.9 Å². The number of phenolic OH excluding ortho intramolecular Hbond substituents is 1. The molecular weight excluding hydrogens is 480 g/mol. The summed E-state index contributed by atoms with van der Waals surface area (Å²) in [6, 6.07) is 9.52. The molecule has 7 heteroatoms. The molecule has 0 unspecified atom stereocenters. The van der Waals surface area contributed by atoms with Crippen LogP contribution in [0.2, 0.25) is 0 Å². The van der Waals surface area contributed by atoms with Gasteiger partial charge in [0.2, 0.25) is 0 Å². The molecule has 0 aliphatic heterocycles. The summed E-state index contributed by atoms with van der Waals surface area (Å²) in [5.41, 5.74) is 3.01.